The van der Waals surface area contributed by atoms with Crippen molar-refractivity contribution < 1.29 is 24.2 Å². The lowest BCUT2D eigenvalue weighted by molar-refractivity contribution is -0.143. The number of hydrogen-bond donors (Lipinski definition) is 1. The van der Waals surface area contributed by atoms with E-state index in [9.17, 15) is 9.59 Å². The number of methoxy groups -OCH3 is 1. The van der Waals surface area contributed by atoms with Gasteiger partial charge >= 0.3 is 5.97 Å². The summed E-state index contributed by atoms with van der Waals surface area (Å²) in [4.78, 5) is 25.5. The van der Waals surface area contributed by atoms with E-state index < -0.39 is 11.9 Å². The number of carboxylic acids is 1. The molecule has 1 heterocycles. The molecule has 0 spiro atoms. The summed E-state index contributed by atoms with van der Waals surface area (Å²) in [6.45, 7) is 4.64. The Hall–Kier alpha value is -2.50. The average Bonchev–Trinajstić information content (AvgIpc) is 2.59. The number of rotatable bonds is 6. The maximum absolute atomic E-state index is 12.7. The summed E-state index contributed by atoms with van der Waals surface area (Å²) in [5, 5.41) is 9.16. The zero-order valence-electron chi connectivity index (χ0n) is 13.2. The molecule has 1 aromatic rings. The first kappa shape index (κ1) is 16.9. The average molecular weight is 319 g/mol. The van der Waals surface area contributed by atoms with Gasteiger partial charge in [0.2, 0.25) is 0 Å². The predicted molar refractivity (Wildman–Crippen MR) is 84.9 cm³/mol. The Morgan fingerprint density at radius 3 is 2.91 bits per heavy atom. The van der Waals surface area contributed by atoms with E-state index >= 15 is 0 Å². The van der Waals surface area contributed by atoms with Crippen LogP contribution in [0, 0.1) is 5.92 Å². The second kappa shape index (κ2) is 7.67. The number of hydrogen-bond acceptors (Lipinski definition) is 4. The Morgan fingerprint density at radius 1 is 1.48 bits per heavy atom. The lowest BCUT2D eigenvalue weighted by atomic mass is 9.97. The lowest BCUT2D eigenvalue weighted by Crippen LogP contribution is -2.42. The molecular weight excluding hydrogens is 298 g/mol. The summed E-state index contributed by atoms with van der Waals surface area (Å²) >= 11 is 0. The molecule has 6 heteroatoms. The Morgan fingerprint density at radius 2 is 2.26 bits per heavy atom. The van der Waals surface area contributed by atoms with Crippen LogP contribution < -0.4 is 9.47 Å². The first-order valence-electron chi connectivity index (χ1n) is 7.50. The number of ether oxygens (including phenoxy) is 2. The molecular formula is C17H21NO5. The van der Waals surface area contributed by atoms with E-state index in [4.69, 9.17) is 14.6 Å². The molecule has 1 aromatic carbocycles. The summed E-state index contributed by atoms with van der Waals surface area (Å²) < 4.78 is 10.7. The van der Waals surface area contributed by atoms with Crippen molar-refractivity contribution in [2.75, 3.05) is 26.8 Å². The molecule has 1 atom stereocenters. The van der Waals surface area contributed by atoms with Gasteiger partial charge in [0.1, 0.15) is 18.1 Å². The number of nitrogens with zero attached hydrogens (tertiary/aromatic N) is 1. The highest BCUT2D eigenvalue weighted by Crippen LogP contribution is 2.28. The molecule has 1 saturated heterocycles. The minimum Gasteiger partial charge on any atom is -0.497 e. The van der Waals surface area contributed by atoms with E-state index in [1.54, 1.807) is 29.2 Å². The number of amides is 1. The van der Waals surface area contributed by atoms with E-state index in [0.29, 0.717) is 36.4 Å². The first-order chi connectivity index (χ1) is 11.1. The molecule has 0 bridgehead atoms. The number of carbonyl (C=O) groups is 2. The summed E-state index contributed by atoms with van der Waals surface area (Å²) in [5.41, 5.74) is 0.402. The van der Waals surface area contributed by atoms with E-state index in [0.717, 1.165) is 0 Å². The second-order valence-corrected chi connectivity index (χ2v) is 5.39. The number of carboxylic acid groups (broad SMARTS) is 1. The van der Waals surface area contributed by atoms with Gasteiger partial charge in [-0.25, -0.2) is 0 Å². The van der Waals surface area contributed by atoms with Crippen LogP contribution in [-0.4, -0.2) is 48.7 Å². The summed E-state index contributed by atoms with van der Waals surface area (Å²) in [7, 11) is 1.54. The van der Waals surface area contributed by atoms with Gasteiger partial charge in [0, 0.05) is 19.2 Å². The SMILES string of the molecule is C=CCOc1cc(OC)ccc1C(=O)N1CCC[C@H](C(=O)O)C1. The molecule has 1 fully saturated rings. The summed E-state index contributed by atoms with van der Waals surface area (Å²) in [6, 6.07) is 4.98. The molecule has 0 aliphatic carbocycles. The van der Waals surface area contributed by atoms with Gasteiger partial charge in [0.15, 0.2) is 0 Å². The first-order valence-corrected chi connectivity index (χ1v) is 7.50. The monoisotopic (exact) mass is 319 g/mol. The van der Waals surface area contributed by atoms with Gasteiger partial charge in [-0.05, 0) is 25.0 Å². The molecule has 6 nitrogen and oxygen atoms in total. The molecule has 0 aromatic heterocycles. The van der Waals surface area contributed by atoms with Crippen molar-refractivity contribution in [3.8, 4) is 11.5 Å². The van der Waals surface area contributed by atoms with E-state index in [2.05, 4.69) is 6.58 Å². The molecule has 1 amide bonds. The second-order valence-electron chi connectivity index (χ2n) is 5.39. The Kier molecular flexibility index (Phi) is 5.62. The van der Waals surface area contributed by atoms with Crippen molar-refractivity contribution in [3.63, 3.8) is 0 Å². The minimum absolute atomic E-state index is 0.223. The van der Waals surface area contributed by atoms with Gasteiger partial charge in [0.25, 0.3) is 5.91 Å². The Bertz CT molecular complexity index is 599. The highest BCUT2D eigenvalue weighted by atomic mass is 16.5. The maximum Gasteiger partial charge on any atom is 0.308 e. The van der Waals surface area contributed by atoms with Crippen LogP contribution in [0.25, 0.3) is 0 Å². The van der Waals surface area contributed by atoms with Crippen LogP contribution in [0.4, 0.5) is 0 Å². The van der Waals surface area contributed by atoms with Crippen molar-refractivity contribution in [1.29, 1.82) is 0 Å². The van der Waals surface area contributed by atoms with Gasteiger partial charge in [-0.2, -0.15) is 0 Å². The fourth-order valence-corrected chi connectivity index (χ4v) is 2.61. The molecule has 1 aliphatic rings. The Labute approximate surface area is 135 Å². The predicted octanol–water partition coefficient (Wildman–Crippen LogP) is 2.20. The lowest BCUT2D eigenvalue weighted by Gasteiger charge is -2.31. The van der Waals surface area contributed by atoms with E-state index in [1.807, 2.05) is 0 Å². The molecule has 23 heavy (non-hydrogen) atoms. The van der Waals surface area contributed by atoms with Crippen LogP contribution in [0.1, 0.15) is 23.2 Å². The summed E-state index contributed by atoms with van der Waals surface area (Å²) in [6.07, 6.45) is 2.87. The third kappa shape index (κ3) is 4.03. The van der Waals surface area contributed by atoms with Crippen LogP contribution in [0.5, 0.6) is 11.5 Å². The zero-order chi connectivity index (χ0) is 16.8. The van der Waals surface area contributed by atoms with Gasteiger partial charge in [-0.15, -0.1) is 0 Å². The summed E-state index contributed by atoms with van der Waals surface area (Å²) in [5.74, 6) is -0.601. The normalized spacial score (nSPS) is 17.4. The van der Waals surface area contributed by atoms with Crippen LogP contribution in [0.3, 0.4) is 0 Å². The largest absolute Gasteiger partial charge is 0.497 e. The smallest absolute Gasteiger partial charge is 0.308 e. The highest BCUT2D eigenvalue weighted by molar-refractivity contribution is 5.97. The van der Waals surface area contributed by atoms with Crippen LogP contribution in [0.2, 0.25) is 0 Å². The van der Waals surface area contributed by atoms with Gasteiger partial charge in [0.05, 0.1) is 18.6 Å². The molecule has 124 valence electrons. The number of likely N-dealkylation sites (tertiary alicyclic amines) is 1. The van der Waals surface area contributed by atoms with E-state index in [-0.39, 0.29) is 19.1 Å². The fraction of sp³-hybridized carbons (Fsp3) is 0.412. The van der Waals surface area contributed by atoms with Crippen molar-refractivity contribution in [2.45, 2.75) is 12.8 Å². The topological polar surface area (TPSA) is 76.1 Å². The number of carbonyl (C=O) groups excluding carboxylic acids is 1. The number of aliphatic carboxylic acids is 1. The number of benzene rings is 1. The zero-order valence-corrected chi connectivity index (χ0v) is 13.2. The third-order valence-electron chi connectivity index (χ3n) is 3.83. The molecule has 1 aliphatic heterocycles. The molecule has 2 rings (SSSR count). The standard InChI is InChI=1S/C17H21NO5/c1-3-9-23-15-10-13(22-2)6-7-14(15)16(19)18-8-4-5-12(11-18)17(20)21/h3,6-7,10,12H,1,4-5,8-9,11H2,2H3,(H,20,21)/t12-/m0/s1. The van der Waals surface area contributed by atoms with Gasteiger partial charge < -0.3 is 19.5 Å². The Balaban J connectivity index is 2.23. The number of piperidine rings is 1. The maximum atomic E-state index is 12.7. The van der Waals surface area contributed by atoms with Crippen LogP contribution >= 0.6 is 0 Å². The highest BCUT2D eigenvalue weighted by Gasteiger charge is 2.29. The van der Waals surface area contributed by atoms with Crippen molar-refractivity contribution in [3.05, 3.63) is 36.4 Å². The third-order valence-corrected chi connectivity index (χ3v) is 3.83. The minimum atomic E-state index is -0.861. The van der Waals surface area contributed by atoms with Crippen molar-refractivity contribution in [2.24, 2.45) is 5.92 Å². The molecule has 1 N–H and O–H groups in total. The molecule has 0 unspecified atom stereocenters. The van der Waals surface area contributed by atoms with Gasteiger partial charge in [-0.1, -0.05) is 12.7 Å². The molecule has 0 radical (unpaired) electrons. The fourth-order valence-electron chi connectivity index (χ4n) is 2.61. The van der Waals surface area contributed by atoms with Crippen LogP contribution in [-0.2, 0) is 4.79 Å². The quantitative estimate of drug-likeness (QED) is 0.814. The van der Waals surface area contributed by atoms with E-state index in [1.165, 1.54) is 7.11 Å². The van der Waals surface area contributed by atoms with Crippen molar-refractivity contribution in [1.82, 2.24) is 4.90 Å². The van der Waals surface area contributed by atoms with Crippen LogP contribution in [0.15, 0.2) is 30.9 Å². The van der Waals surface area contributed by atoms with Crippen molar-refractivity contribution >= 4 is 11.9 Å². The van der Waals surface area contributed by atoms with Gasteiger partial charge in [-0.3, -0.25) is 9.59 Å². The molecule has 0 saturated carbocycles.